The summed E-state index contributed by atoms with van der Waals surface area (Å²) in [5.41, 5.74) is 2.16. The van der Waals surface area contributed by atoms with Crippen molar-refractivity contribution in [3.8, 4) is 0 Å². The molecule has 1 rings (SSSR count). The summed E-state index contributed by atoms with van der Waals surface area (Å²) in [4.78, 5) is 18.7. The molecule has 88 valence electrons. The molecule has 4 heteroatoms. The van der Waals surface area contributed by atoms with E-state index in [9.17, 15) is 4.79 Å². The van der Waals surface area contributed by atoms with E-state index in [4.69, 9.17) is 4.84 Å². The molecule has 1 heterocycles. The first-order valence-electron chi connectivity index (χ1n) is 5.61. The monoisotopic (exact) mass is 214 g/mol. The maximum Gasteiger partial charge on any atom is 0.341 e. The number of hydroxylamine groups is 1. The summed E-state index contributed by atoms with van der Waals surface area (Å²) in [6.45, 7) is 9.57. The zero-order valence-electron chi connectivity index (χ0n) is 10.2. The van der Waals surface area contributed by atoms with Gasteiger partial charge in [-0.15, -0.1) is 0 Å². The highest BCUT2D eigenvalue weighted by Crippen LogP contribution is 2.15. The van der Waals surface area contributed by atoms with Crippen molar-refractivity contribution < 1.29 is 9.63 Å². The van der Waals surface area contributed by atoms with Gasteiger partial charge in [-0.25, -0.2) is 10.3 Å². The number of urea groups is 1. The molecule has 1 aliphatic heterocycles. The van der Waals surface area contributed by atoms with Crippen LogP contribution in [0.3, 0.4) is 0 Å². The van der Waals surface area contributed by atoms with E-state index in [-0.39, 0.29) is 11.6 Å². The van der Waals surface area contributed by atoms with Crippen molar-refractivity contribution in [2.75, 3.05) is 13.1 Å². The third kappa shape index (κ3) is 4.51. The maximum atomic E-state index is 11.7. The van der Waals surface area contributed by atoms with Crippen molar-refractivity contribution in [2.24, 2.45) is 5.92 Å². The Hall–Kier alpha value is -0.770. The highest BCUT2D eigenvalue weighted by Gasteiger charge is 2.22. The van der Waals surface area contributed by atoms with Gasteiger partial charge in [0.05, 0.1) is 5.60 Å². The second kappa shape index (κ2) is 4.84. The number of hydrogen-bond acceptors (Lipinski definition) is 2. The number of nitrogens with zero attached hydrogens (tertiary/aromatic N) is 1. The molecule has 1 N–H and O–H groups in total. The van der Waals surface area contributed by atoms with Crippen LogP contribution in [0.25, 0.3) is 0 Å². The van der Waals surface area contributed by atoms with Crippen LogP contribution in [0.4, 0.5) is 4.79 Å². The first-order valence-corrected chi connectivity index (χ1v) is 5.61. The van der Waals surface area contributed by atoms with Gasteiger partial charge in [-0.1, -0.05) is 6.92 Å². The van der Waals surface area contributed by atoms with Crippen molar-refractivity contribution in [1.82, 2.24) is 10.4 Å². The maximum absolute atomic E-state index is 11.7. The molecule has 1 atom stereocenters. The van der Waals surface area contributed by atoms with Gasteiger partial charge in [0, 0.05) is 13.1 Å². The molecule has 2 amide bonds. The Morgan fingerprint density at radius 1 is 1.47 bits per heavy atom. The molecule has 1 fully saturated rings. The summed E-state index contributed by atoms with van der Waals surface area (Å²) in [7, 11) is 0. The summed E-state index contributed by atoms with van der Waals surface area (Å²) < 4.78 is 0. The van der Waals surface area contributed by atoms with Crippen molar-refractivity contribution in [2.45, 2.75) is 46.1 Å². The Labute approximate surface area is 91.9 Å². The van der Waals surface area contributed by atoms with Crippen LogP contribution in [0.5, 0.6) is 0 Å². The van der Waals surface area contributed by atoms with Gasteiger partial charge in [0.1, 0.15) is 0 Å². The van der Waals surface area contributed by atoms with Gasteiger partial charge in [0.15, 0.2) is 0 Å². The molecular formula is C11H22N2O2. The highest BCUT2D eigenvalue weighted by molar-refractivity contribution is 5.73. The molecule has 0 spiro atoms. The molecule has 0 aromatic rings. The second-order valence-corrected chi connectivity index (χ2v) is 5.32. The van der Waals surface area contributed by atoms with Gasteiger partial charge in [-0.2, -0.15) is 0 Å². The molecule has 0 bridgehead atoms. The molecule has 15 heavy (non-hydrogen) atoms. The number of carbonyl (C=O) groups excluding carboxylic acids is 1. The first kappa shape index (κ1) is 12.3. The minimum atomic E-state index is -0.336. The van der Waals surface area contributed by atoms with Crippen LogP contribution in [0.2, 0.25) is 0 Å². The lowest BCUT2D eigenvalue weighted by atomic mass is 10.0. The lowest BCUT2D eigenvalue weighted by molar-refractivity contribution is -0.0595. The fourth-order valence-corrected chi connectivity index (χ4v) is 1.64. The summed E-state index contributed by atoms with van der Waals surface area (Å²) >= 11 is 0. The van der Waals surface area contributed by atoms with E-state index in [1.807, 2.05) is 25.7 Å². The topological polar surface area (TPSA) is 41.6 Å². The fraction of sp³-hybridized carbons (Fsp3) is 0.909. The summed E-state index contributed by atoms with van der Waals surface area (Å²) in [5.74, 6) is 0.596. The van der Waals surface area contributed by atoms with Gasteiger partial charge in [-0.3, -0.25) is 4.84 Å². The van der Waals surface area contributed by atoms with Crippen LogP contribution in [-0.4, -0.2) is 29.6 Å². The van der Waals surface area contributed by atoms with E-state index in [0.717, 1.165) is 19.5 Å². The summed E-state index contributed by atoms with van der Waals surface area (Å²) in [5, 5.41) is 0. The molecule has 0 radical (unpaired) electrons. The largest absolute Gasteiger partial charge is 0.341 e. The predicted molar refractivity (Wildman–Crippen MR) is 59.3 cm³/mol. The van der Waals surface area contributed by atoms with Gasteiger partial charge in [-0.05, 0) is 39.5 Å². The zero-order chi connectivity index (χ0) is 11.5. The molecule has 1 aliphatic rings. The van der Waals surface area contributed by atoms with Crippen LogP contribution < -0.4 is 5.48 Å². The molecular weight excluding hydrogens is 192 g/mol. The number of piperidine rings is 1. The van der Waals surface area contributed by atoms with E-state index >= 15 is 0 Å². The first-order chi connectivity index (χ1) is 6.88. The Balaban J connectivity index is 2.33. The van der Waals surface area contributed by atoms with E-state index in [1.54, 1.807) is 0 Å². The van der Waals surface area contributed by atoms with Crippen LogP contribution in [0.15, 0.2) is 0 Å². The molecule has 0 aliphatic carbocycles. The molecule has 0 aromatic carbocycles. The summed E-state index contributed by atoms with van der Waals surface area (Å²) in [6.07, 6.45) is 2.30. The standard InChI is InChI=1S/C11H22N2O2/c1-9-6-5-7-13(8-9)10(14)12-15-11(2,3)4/h9H,5-8H2,1-4H3,(H,12,14). The van der Waals surface area contributed by atoms with Crippen LogP contribution >= 0.6 is 0 Å². The van der Waals surface area contributed by atoms with Gasteiger partial charge in [0.2, 0.25) is 0 Å². The van der Waals surface area contributed by atoms with E-state index < -0.39 is 0 Å². The number of rotatable bonds is 1. The fourth-order valence-electron chi connectivity index (χ4n) is 1.64. The van der Waals surface area contributed by atoms with Crippen LogP contribution in [0, 0.1) is 5.92 Å². The minimum absolute atomic E-state index is 0.114. The highest BCUT2D eigenvalue weighted by atomic mass is 16.7. The quantitative estimate of drug-likeness (QED) is 0.680. The Morgan fingerprint density at radius 2 is 2.13 bits per heavy atom. The van der Waals surface area contributed by atoms with Crippen LogP contribution in [-0.2, 0) is 4.84 Å². The second-order valence-electron chi connectivity index (χ2n) is 5.32. The normalized spacial score (nSPS) is 22.7. The lowest BCUT2D eigenvalue weighted by Gasteiger charge is -2.31. The molecule has 1 unspecified atom stereocenters. The van der Waals surface area contributed by atoms with Gasteiger partial charge < -0.3 is 4.90 Å². The molecule has 0 aromatic heterocycles. The number of hydrogen-bond donors (Lipinski definition) is 1. The molecule has 1 saturated heterocycles. The average molecular weight is 214 g/mol. The van der Waals surface area contributed by atoms with Crippen molar-refractivity contribution >= 4 is 6.03 Å². The van der Waals surface area contributed by atoms with Crippen molar-refractivity contribution in [3.05, 3.63) is 0 Å². The van der Waals surface area contributed by atoms with Crippen molar-refractivity contribution in [1.29, 1.82) is 0 Å². The van der Waals surface area contributed by atoms with Gasteiger partial charge in [0.25, 0.3) is 0 Å². The van der Waals surface area contributed by atoms with E-state index in [1.165, 1.54) is 6.42 Å². The van der Waals surface area contributed by atoms with Crippen molar-refractivity contribution in [3.63, 3.8) is 0 Å². The molecule has 0 saturated carbocycles. The Morgan fingerprint density at radius 3 is 2.67 bits per heavy atom. The third-order valence-electron chi connectivity index (χ3n) is 2.39. The van der Waals surface area contributed by atoms with Gasteiger partial charge >= 0.3 is 6.03 Å². The van der Waals surface area contributed by atoms with E-state index in [0.29, 0.717) is 5.92 Å². The number of amides is 2. The van der Waals surface area contributed by atoms with Crippen LogP contribution in [0.1, 0.15) is 40.5 Å². The number of nitrogens with one attached hydrogen (secondary N) is 1. The summed E-state index contributed by atoms with van der Waals surface area (Å²) in [6, 6.07) is -0.114. The predicted octanol–water partition coefficient (Wildman–Crippen LogP) is 2.16. The Bertz CT molecular complexity index is 223. The number of carbonyl (C=O) groups is 1. The minimum Gasteiger partial charge on any atom is -0.323 e. The number of likely N-dealkylation sites (tertiary alicyclic amines) is 1. The smallest absolute Gasteiger partial charge is 0.323 e. The zero-order valence-corrected chi connectivity index (χ0v) is 10.2. The SMILES string of the molecule is CC1CCCN(C(=O)NOC(C)(C)C)C1. The third-order valence-corrected chi connectivity index (χ3v) is 2.39. The lowest BCUT2D eigenvalue weighted by Crippen LogP contribution is -2.46. The molecule has 4 nitrogen and oxygen atoms in total. The Kier molecular flexibility index (Phi) is 3.97. The average Bonchev–Trinajstić information content (AvgIpc) is 2.13. The van der Waals surface area contributed by atoms with E-state index in [2.05, 4.69) is 12.4 Å².